The van der Waals surface area contributed by atoms with Gasteiger partial charge in [-0.3, -0.25) is 4.79 Å². The Morgan fingerprint density at radius 3 is 2.20 bits per heavy atom. The van der Waals surface area contributed by atoms with E-state index in [0.717, 1.165) is 12.8 Å². The molecule has 1 aromatic heterocycles. The number of halogens is 1. The van der Waals surface area contributed by atoms with Gasteiger partial charge in [0.25, 0.3) is 0 Å². The molecule has 1 saturated heterocycles. The lowest BCUT2D eigenvalue weighted by Crippen LogP contribution is -2.59. The molecule has 1 saturated carbocycles. The lowest BCUT2D eigenvalue weighted by Gasteiger charge is -2.37. The quantitative estimate of drug-likeness (QED) is 0.815. The van der Waals surface area contributed by atoms with Crippen molar-refractivity contribution in [1.29, 1.82) is 0 Å². The van der Waals surface area contributed by atoms with E-state index in [1.807, 2.05) is 0 Å². The predicted molar refractivity (Wildman–Crippen MR) is 94.0 cm³/mol. The van der Waals surface area contributed by atoms with Gasteiger partial charge in [-0.25, -0.2) is 8.42 Å². The summed E-state index contributed by atoms with van der Waals surface area (Å²) < 4.78 is 31.9. The summed E-state index contributed by atoms with van der Waals surface area (Å²) in [5.74, 6) is 0.243. The zero-order valence-electron chi connectivity index (χ0n) is 14.5. The third-order valence-corrected chi connectivity index (χ3v) is 7.16. The van der Waals surface area contributed by atoms with Crippen molar-refractivity contribution in [3.8, 4) is 0 Å². The van der Waals surface area contributed by atoms with Crippen LogP contribution >= 0.6 is 12.4 Å². The molecule has 1 amide bonds. The molecule has 0 spiro atoms. The van der Waals surface area contributed by atoms with Gasteiger partial charge in [0.2, 0.25) is 15.9 Å². The molecule has 8 nitrogen and oxygen atoms in total. The van der Waals surface area contributed by atoms with Crippen molar-refractivity contribution < 1.29 is 17.7 Å². The van der Waals surface area contributed by atoms with Crippen molar-refractivity contribution in [3.05, 3.63) is 11.5 Å². The fourth-order valence-corrected chi connectivity index (χ4v) is 5.35. The Bertz CT molecular complexity index is 715. The average Bonchev–Trinajstić information content (AvgIpc) is 3.14. The molecule has 2 heterocycles. The summed E-state index contributed by atoms with van der Waals surface area (Å²) in [5.41, 5.74) is 5.82. The van der Waals surface area contributed by atoms with Crippen molar-refractivity contribution in [2.75, 3.05) is 26.2 Å². The maximum Gasteiger partial charge on any atom is 0.248 e. The van der Waals surface area contributed by atoms with Crippen molar-refractivity contribution >= 4 is 28.3 Å². The normalized spacial score (nSPS) is 21.2. The van der Waals surface area contributed by atoms with E-state index in [9.17, 15) is 13.2 Å². The number of aryl methyl sites for hydroxylation is 2. The first-order valence-electron chi connectivity index (χ1n) is 8.27. The van der Waals surface area contributed by atoms with Gasteiger partial charge >= 0.3 is 0 Å². The number of carbonyl (C=O) groups excluding carboxylic acids is 1. The molecule has 1 aliphatic heterocycles. The molecule has 1 aliphatic carbocycles. The molecule has 0 unspecified atom stereocenters. The van der Waals surface area contributed by atoms with E-state index in [4.69, 9.17) is 10.3 Å². The molecule has 1 aromatic rings. The molecular formula is C15H25ClN4O4S. The Kier molecular flexibility index (Phi) is 5.82. The zero-order chi connectivity index (χ0) is 17.5. The maximum atomic E-state index is 12.8. The standard InChI is InChI=1S/C15H24N4O4S.ClH/c1-11-13(12(2)23-17-11)24(21,22)19-9-7-18(8-10-19)14(20)15(16)5-3-4-6-15;/h3-10,16H2,1-2H3;1H. The van der Waals surface area contributed by atoms with Gasteiger partial charge in [0.15, 0.2) is 5.76 Å². The lowest BCUT2D eigenvalue weighted by molar-refractivity contribution is -0.138. The minimum absolute atomic E-state index is 0. The molecule has 0 aromatic carbocycles. The smallest absolute Gasteiger partial charge is 0.248 e. The summed E-state index contributed by atoms with van der Waals surface area (Å²) in [4.78, 5) is 14.5. The fraction of sp³-hybridized carbons (Fsp3) is 0.733. The average molecular weight is 393 g/mol. The third kappa shape index (κ3) is 3.55. The van der Waals surface area contributed by atoms with Gasteiger partial charge in [0.1, 0.15) is 10.6 Å². The van der Waals surface area contributed by atoms with Gasteiger partial charge in [-0.15, -0.1) is 12.4 Å². The number of sulfonamides is 1. The van der Waals surface area contributed by atoms with Crippen LogP contribution in [-0.4, -0.2) is 60.4 Å². The predicted octanol–water partition coefficient (Wildman–Crippen LogP) is 0.818. The number of rotatable bonds is 3. The summed E-state index contributed by atoms with van der Waals surface area (Å²) in [6.45, 7) is 4.44. The molecule has 25 heavy (non-hydrogen) atoms. The topological polar surface area (TPSA) is 110 Å². The first kappa shape index (κ1) is 20.2. The Morgan fingerprint density at radius 2 is 1.72 bits per heavy atom. The lowest BCUT2D eigenvalue weighted by atomic mass is 9.97. The van der Waals surface area contributed by atoms with Gasteiger partial charge in [0.05, 0.1) is 5.54 Å². The molecule has 10 heteroatoms. The second kappa shape index (κ2) is 7.22. The number of aromatic nitrogens is 1. The fourth-order valence-electron chi connectivity index (χ4n) is 3.64. The third-order valence-electron chi connectivity index (χ3n) is 5.01. The monoisotopic (exact) mass is 392 g/mol. The number of hydrogen-bond acceptors (Lipinski definition) is 6. The molecule has 2 N–H and O–H groups in total. The van der Waals surface area contributed by atoms with E-state index in [1.165, 1.54) is 4.31 Å². The van der Waals surface area contributed by atoms with Gasteiger partial charge in [-0.05, 0) is 26.7 Å². The van der Waals surface area contributed by atoms with E-state index in [-0.39, 0.29) is 42.1 Å². The highest BCUT2D eigenvalue weighted by molar-refractivity contribution is 7.89. The second-order valence-corrected chi connectivity index (χ2v) is 8.59. The molecule has 0 atom stereocenters. The minimum atomic E-state index is -3.66. The number of carbonyl (C=O) groups is 1. The Morgan fingerprint density at radius 1 is 1.16 bits per heavy atom. The van der Waals surface area contributed by atoms with Crippen LogP contribution in [0, 0.1) is 13.8 Å². The molecule has 0 radical (unpaired) electrons. The molecule has 3 rings (SSSR count). The van der Waals surface area contributed by atoms with Crippen molar-refractivity contribution in [2.24, 2.45) is 5.73 Å². The minimum Gasteiger partial charge on any atom is -0.360 e. The molecule has 0 bridgehead atoms. The van der Waals surface area contributed by atoms with Crippen LogP contribution < -0.4 is 5.73 Å². The van der Waals surface area contributed by atoms with E-state index in [1.54, 1.807) is 18.7 Å². The zero-order valence-corrected chi connectivity index (χ0v) is 16.2. The van der Waals surface area contributed by atoms with Gasteiger partial charge < -0.3 is 15.2 Å². The Balaban J connectivity index is 0.00000225. The summed E-state index contributed by atoms with van der Waals surface area (Å²) in [5, 5.41) is 3.72. The van der Waals surface area contributed by atoms with Crippen LogP contribution in [0.1, 0.15) is 37.1 Å². The number of hydrogen-bond donors (Lipinski definition) is 1. The maximum absolute atomic E-state index is 12.8. The number of nitrogens with two attached hydrogens (primary N) is 1. The van der Waals surface area contributed by atoms with Gasteiger partial charge in [0, 0.05) is 26.2 Å². The van der Waals surface area contributed by atoms with Crippen LogP contribution in [0.25, 0.3) is 0 Å². The van der Waals surface area contributed by atoms with Crippen LogP contribution in [0.4, 0.5) is 0 Å². The Hall–Kier alpha value is -1.16. The van der Waals surface area contributed by atoms with Gasteiger partial charge in [-0.2, -0.15) is 4.31 Å². The molecular weight excluding hydrogens is 368 g/mol. The van der Waals surface area contributed by atoms with Crippen LogP contribution in [0.5, 0.6) is 0 Å². The Labute approximate surface area is 154 Å². The van der Waals surface area contributed by atoms with Crippen LogP contribution in [0.3, 0.4) is 0 Å². The summed E-state index contributed by atoms with van der Waals surface area (Å²) in [7, 11) is -3.66. The van der Waals surface area contributed by atoms with Gasteiger partial charge in [-0.1, -0.05) is 18.0 Å². The van der Waals surface area contributed by atoms with E-state index in [0.29, 0.717) is 31.6 Å². The SMILES string of the molecule is Cc1noc(C)c1S(=O)(=O)N1CCN(C(=O)C2(N)CCCC2)CC1.Cl. The first-order chi connectivity index (χ1) is 11.3. The molecule has 2 fully saturated rings. The highest BCUT2D eigenvalue weighted by Crippen LogP contribution is 2.30. The first-order valence-corrected chi connectivity index (χ1v) is 9.71. The largest absolute Gasteiger partial charge is 0.360 e. The van der Waals surface area contributed by atoms with Crippen LogP contribution in [-0.2, 0) is 14.8 Å². The molecule has 2 aliphatic rings. The van der Waals surface area contributed by atoms with Crippen LogP contribution in [0.15, 0.2) is 9.42 Å². The molecule has 142 valence electrons. The number of amides is 1. The van der Waals surface area contributed by atoms with E-state index in [2.05, 4.69) is 5.16 Å². The van der Waals surface area contributed by atoms with E-state index < -0.39 is 15.6 Å². The van der Waals surface area contributed by atoms with Crippen molar-refractivity contribution in [3.63, 3.8) is 0 Å². The van der Waals surface area contributed by atoms with Crippen molar-refractivity contribution in [1.82, 2.24) is 14.4 Å². The summed E-state index contributed by atoms with van der Waals surface area (Å²) in [6, 6.07) is 0. The second-order valence-electron chi connectivity index (χ2n) is 6.71. The number of piperazine rings is 1. The van der Waals surface area contributed by atoms with Crippen LogP contribution in [0.2, 0.25) is 0 Å². The highest BCUT2D eigenvalue weighted by atomic mass is 35.5. The summed E-state index contributed by atoms with van der Waals surface area (Å²) in [6.07, 6.45) is 3.37. The highest BCUT2D eigenvalue weighted by Gasteiger charge is 2.42. The summed E-state index contributed by atoms with van der Waals surface area (Å²) >= 11 is 0. The van der Waals surface area contributed by atoms with Crippen molar-refractivity contribution in [2.45, 2.75) is 50.0 Å². The number of nitrogens with zero attached hydrogens (tertiary/aromatic N) is 3. The van der Waals surface area contributed by atoms with E-state index >= 15 is 0 Å².